The topological polar surface area (TPSA) is 76.1 Å². The van der Waals surface area contributed by atoms with Crippen molar-refractivity contribution in [2.24, 2.45) is 0 Å². The Kier molecular flexibility index (Phi) is 7.50. The third-order valence-electron chi connectivity index (χ3n) is 2.58. The smallest absolute Gasteiger partial charge is 0.270 e. The molecule has 0 atom stereocenters. The number of unbranched alkanes of at least 4 members (excludes halogenated alkanes) is 2. The molecule has 1 aromatic rings. The van der Waals surface area contributed by atoms with Crippen LogP contribution in [-0.2, 0) is 4.74 Å². The van der Waals surface area contributed by atoms with Crippen LogP contribution in [0.4, 0.5) is 5.82 Å². The standard InChI is InChI=1S/C13H22N4O2/c1-3-4-5-6-15-13(18)11-9-12(17-10-16-11)14-7-8-19-2/h9-10H,3-8H2,1-2H3,(H,15,18)(H,14,16,17). The van der Waals surface area contributed by atoms with Crippen molar-refractivity contribution in [1.29, 1.82) is 0 Å². The van der Waals surface area contributed by atoms with Crippen molar-refractivity contribution in [3.05, 3.63) is 18.1 Å². The molecule has 1 rings (SSSR count). The molecule has 0 spiro atoms. The molecule has 0 radical (unpaired) electrons. The highest BCUT2D eigenvalue weighted by Crippen LogP contribution is 2.03. The van der Waals surface area contributed by atoms with E-state index < -0.39 is 0 Å². The first-order valence-electron chi connectivity index (χ1n) is 6.61. The predicted molar refractivity (Wildman–Crippen MR) is 74.3 cm³/mol. The molecule has 106 valence electrons. The second-order valence-corrected chi connectivity index (χ2v) is 4.17. The zero-order valence-electron chi connectivity index (χ0n) is 11.6. The first-order valence-corrected chi connectivity index (χ1v) is 6.61. The zero-order chi connectivity index (χ0) is 13.9. The largest absolute Gasteiger partial charge is 0.383 e. The normalized spacial score (nSPS) is 10.2. The van der Waals surface area contributed by atoms with Crippen LogP contribution in [0, 0.1) is 0 Å². The summed E-state index contributed by atoms with van der Waals surface area (Å²) in [7, 11) is 1.64. The lowest BCUT2D eigenvalue weighted by molar-refractivity contribution is 0.0948. The molecule has 0 aliphatic carbocycles. The highest BCUT2D eigenvalue weighted by molar-refractivity contribution is 5.92. The number of carbonyl (C=O) groups excluding carboxylic acids is 1. The molecule has 0 aliphatic rings. The molecule has 0 aromatic carbocycles. The number of nitrogens with one attached hydrogen (secondary N) is 2. The van der Waals surface area contributed by atoms with Gasteiger partial charge in [-0.1, -0.05) is 19.8 Å². The van der Waals surface area contributed by atoms with E-state index in [-0.39, 0.29) is 5.91 Å². The summed E-state index contributed by atoms with van der Waals surface area (Å²) in [6, 6.07) is 1.64. The number of nitrogens with zero attached hydrogens (tertiary/aromatic N) is 2. The van der Waals surface area contributed by atoms with Gasteiger partial charge in [-0.3, -0.25) is 4.79 Å². The van der Waals surface area contributed by atoms with E-state index in [1.807, 2.05) is 0 Å². The second-order valence-electron chi connectivity index (χ2n) is 4.17. The van der Waals surface area contributed by atoms with E-state index in [4.69, 9.17) is 4.74 Å². The fourth-order valence-electron chi connectivity index (χ4n) is 1.53. The average Bonchev–Trinajstić information content (AvgIpc) is 2.44. The van der Waals surface area contributed by atoms with Gasteiger partial charge in [0.15, 0.2) is 0 Å². The maximum atomic E-state index is 11.8. The van der Waals surface area contributed by atoms with Crippen LogP contribution in [0.3, 0.4) is 0 Å². The Bertz CT molecular complexity index is 385. The second kappa shape index (κ2) is 9.27. The monoisotopic (exact) mass is 266 g/mol. The van der Waals surface area contributed by atoms with Gasteiger partial charge in [-0.25, -0.2) is 9.97 Å². The summed E-state index contributed by atoms with van der Waals surface area (Å²) >= 11 is 0. The van der Waals surface area contributed by atoms with Crippen LogP contribution in [0.25, 0.3) is 0 Å². The van der Waals surface area contributed by atoms with E-state index in [2.05, 4.69) is 27.5 Å². The minimum absolute atomic E-state index is 0.159. The Labute approximate surface area is 114 Å². The minimum atomic E-state index is -0.159. The quantitative estimate of drug-likeness (QED) is 0.662. The number of methoxy groups -OCH3 is 1. The van der Waals surface area contributed by atoms with Crippen LogP contribution in [0.1, 0.15) is 36.7 Å². The molecule has 0 saturated heterocycles. The number of carbonyl (C=O) groups is 1. The van der Waals surface area contributed by atoms with Gasteiger partial charge in [0.05, 0.1) is 6.61 Å². The van der Waals surface area contributed by atoms with Crippen molar-refractivity contribution in [2.45, 2.75) is 26.2 Å². The van der Waals surface area contributed by atoms with Crippen molar-refractivity contribution < 1.29 is 9.53 Å². The number of hydrogen-bond acceptors (Lipinski definition) is 5. The van der Waals surface area contributed by atoms with Crippen molar-refractivity contribution in [3.63, 3.8) is 0 Å². The molecule has 19 heavy (non-hydrogen) atoms. The molecule has 0 aliphatic heterocycles. The number of rotatable bonds is 9. The SMILES string of the molecule is CCCCCNC(=O)c1cc(NCCOC)ncn1. The van der Waals surface area contributed by atoms with Gasteiger partial charge in [0, 0.05) is 26.3 Å². The molecule has 0 bridgehead atoms. The molecule has 1 heterocycles. The Hall–Kier alpha value is -1.69. The Morgan fingerprint density at radius 2 is 2.16 bits per heavy atom. The number of hydrogen-bond donors (Lipinski definition) is 2. The van der Waals surface area contributed by atoms with Gasteiger partial charge in [0.25, 0.3) is 5.91 Å². The summed E-state index contributed by atoms with van der Waals surface area (Å²) in [4.78, 5) is 19.9. The summed E-state index contributed by atoms with van der Waals surface area (Å²) in [5, 5.41) is 5.91. The fourth-order valence-corrected chi connectivity index (χ4v) is 1.53. The number of aromatic nitrogens is 2. The number of anilines is 1. The molecule has 0 unspecified atom stereocenters. The summed E-state index contributed by atoms with van der Waals surface area (Å²) in [6.45, 7) is 4.04. The number of amides is 1. The lowest BCUT2D eigenvalue weighted by Gasteiger charge is -2.07. The van der Waals surface area contributed by atoms with Crippen LogP contribution in [0.2, 0.25) is 0 Å². The van der Waals surface area contributed by atoms with E-state index in [1.54, 1.807) is 13.2 Å². The zero-order valence-corrected chi connectivity index (χ0v) is 11.6. The molecule has 1 aromatic heterocycles. The highest BCUT2D eigenvalue weighted by Gasteiger charge is 2.07. The third-order valence-corrected chi connectivity index (χ3v) is 2.58. The van der Waals surface area contributed by atoms with Gasteiger partial charge >= 0.3 is 0 Å². The Morgan fingerprint density at radius 3 is 2.89 bits per heavy atom. The molecule has 6 nitrogen and oxygen atoms in total. The maximum Gasteiger partial charge on any atom is 0.270 e. The van der Waals surface area contributed by atoms with Gasteiger partial charge in [-0.15, -0.1) is 0 Å². The fraction of sp³-hybridized carbons (Fsp3) is 0.615. The first-order chi connectivity index (χ1) is 9.27. The molecule has 1 amide bonds. The van der Waals surface area contributed by atoms with Crippen molar-refractivity contribution in [2.75, 3.05) is 32.1 Å². The predicted octanol–water partition coefficient (Wildman–Crippen LogP) is 1.45. The number of ether oxygens (including phenoxy) is 1. The minimum Gasteiger partial charge on any atom is -0.383 e. The van der Waals surface area contributed by atoms with Crippen molar-refractivity contribution >= 4 is 11.7 Å². The van der Waals surface area contributed by atoms with Crippen LogP contribution in [0.15, 0.2) is 12.4 Å². The van der Waals surface area contributed by atoms with Crippen LogP contribution >= 0.6 is 0 Å². The van der Waals surface area contributed by atoms with Crippen molar-refractivity contribution in [1.82, 2.24) is 15.3 Å². The maximum absolute atomic E-state index is 11.8. The molecule has 0 fully saturated rings. The first kappa shape index (κ1) is 15.4. The van der Waals surface area contributed by atoms with Gasteiger partial charge in [0.1, 0.15) is 17.8 Å². The van der Waals surface area contributed by atoms with Crippen LogP contribution in [0.5, 0.6) is 0 Å². The van der Waals surface area contributed by atoms with Crippen LogP contribution < -0.4 is 10.6 Å². The molecular formula is C13H22N4O2. The summed E-state index contributed by atoms with van der Waals surface area (Å²) in [5.41, 5.74) is 0.381. The van der Waals surface area contributed by atoms with Gasteiger partial charge in [0.2, 0.25) is 0 Å². The van der Waals surface area contributed by atoms with Gasteiger partial charge < -0.3 is 15.4 Å². The van der Waals surface area contributed by atoms with E-state index in [1.165, 1.54) is 6.33 Å². The Balaban J connectivity index is 2.43. The lowest BCUT2D eigenvalue weighted by Crippen LogP contribution is -2.25. The summed E-state index contributed by atoms with van der Waals surface area (Å²) < 4.78 is 4.93. The molecule has 2 N–H and O–H groups in total. The third kappa shape index (κ3) is 6.15. The van der Waals surface area contributed by atoms with E-state index >= 15 is 0 Å². The van der Waals surface area contributed by atoms with Gasteiger partial charge in [-0.2, -0.15) is 0 Å². The Morgan fingerprint density at radius 1 is 1.32 bits per heavy atom. The van der Waals surface area contributed by atoms with Gasteiger partial charge in [-0.05, 0) is 6.42 Å². The average molecular weight is 266 g/mol. The molecular weight excluding hydrogens is 244 g/mol. The van der Waals surface area contributed by atoms with Crippen LogP contribution in [-0.4, -0.2) is 42.7 Å². The summed E-state index contributed by atoms with van der Waals surface area (Å²) in [5.74, 6) is 0.471. The summed E-state index contributed by atoms with van der Waals surface area (Å²) in [6.07, 6.45) is 4.63. The lowest BCUT2D eigenvalue weighted by atomic mass is 10.2. The van der Waals surface area contributed by atoms with E-state index in [0.29, 0.717) is 31.2 Å². The van der Waals surface area contributed by atoms with E-state index in [0.717, 1.165) is 19.3 Å². The molecule has 6 heteroatoms. The van der Waals surface area contributed by atoms with E-state index in [9.17, 15) is 4.79 Å². The molecule has 0 saturated carbocycles. The highest BCUT2D eigenvalue weighted by atomic mass is 16.5. The van der Waals surface area contributed by atoms with Crippen molar-refractivity contribution in [3.8, 4) is 0 Å².